The van der Waals surface area contributed by atoms with E-state index in [4.69, 9.17) is 16.3 Å². The van der Waals surface area contributed by atoms with Crippen molar-refractivity contribution in [3.63, 3.8) is 0 Å². The van der Waals surface area contributed by atoms with Crippen molar-refractivity contribution < 1.29 is 14.6 Å². The summed E-state index contributed by atoms with van der Waals surface area (Å²) in [5.74, 6) is -0.225. The lowest BCUT2D eigenvalue weighted by molar-refractivity contribution is 0.0243. The zero-order valence-electron chi connectivity index (χ0n) is 11.5. The number of aryl methyl sites for hydroxylation is 1. The number of ether oxygens (including phenoxy) is 1. The summed E-state index contributed by atoms with van der Waals surface area (Å²) in [5, 5.41) is 13.4. The number of hydrogen-bond acceptors (Lipinski definition) is 3. The molecular weight excluding hydrogens is 266 g/mol. The van der Waals surface area contributed by atoms with E-state index in [9.17, 15) is 9.90 Å². The van der Waals surface area contributed by atoms with Gasteiger partial charge in [-0.05, 0) is 37.6 Å². The summed E-state index contributed by atoms with van der Waals surface area (Å²) in [7, 11) is 1.57. The molecule has 0 saturated heterocycles. The highest BCUT2D eigenvalue weighted by Crippen LogP contribution is 2.16. The average Bonchev–Trinajstić information content (AvgIpc) is 2.37. The molecule has 0 aromatic heterocycles. The minimum Gasteiger partial charge on any atom is -0.388 e. The quantitative estimate of drug-likeness (QED) is 0.842. The molecule has 2 N–H and O–H groups in total. The van der Waals surface area contributed by atoms with Gasteiger partial charge in [-0.25, -0.2) is 0 Å². The highest BCUT2D eigenvalue weighted by molar-refractivity contribution is 6.31. The Morgan fingerprint density at radius 2 is 2.21 bits per heavy atom. The molecule has 0 aliphatic rings. The SMILES string of the molecule is COCCC(C)(O)CNC(=O)c1ccc(Cl)c(C)c1. The summed E-state index contributed by atoms with van der Waals surface area (Å²) in [5.41, 5.74) is 0.401. The molecule has 0 fully saturated rings. The van der Waals surface area contributed by atoms with Gasteiger partial charge in [-0.1, -0.05) is 11.6 Å². The van der Waals surface area contributed by atoms with Gasteiger partial charge in [-0.15, -0.1) is 0 Å². The van der Waals surface area contributed by atoms with Gasteiger partial charge in [0, 0.05) is 37.3 Å². The first kappa shape index (κ1) is 16.0. The van der Waals surface area contributed by atoms with Crippen LogP contribution in [0.2, 0.25) is 5.02 Å². The van der Waals surface area contributed by atoms with E-state index in [2.05, 4.69) is 5.32 Å². The Bertz CT molecular complexity index is 446. The molecule has 1 unspecified atom stereocenters. The van der Waals surface area contributed by atoms with Crippen LogP contribution in [0, 0.1) is 6.92 Å². The molecule has 5 heteroatoms. The monoisotopic (exact) mass is 285 g/mol. The van der Waals surface area contributed by atoms with Crippen molar-refractivity contribution >= 4 is 17.5 Å². The van der Waals surface area contributed by atoms with Crippen LogP contribution in [0.4, 0.5) is 0 Å². The molecule has 1 aromatic carbocycles. The normalized spacial score (nSPS) is 13.9. The van der Waals surface area contributed by atoms with Crippen molar-refractivity contribution in [1.82, 2.24) is 5.32 Å². The molecule has 19 heavy (non-hydrogen) atoms. The zero-order valence-corrected chi connectivity index (χ0v) is 12.3. The van der Waals surface area contributed by atoms with Crippen molar-refractivity contribution in [3.8, 4) is 0 Å². The van der Waals surface area contributed by atoms with Crippen molar-refractivity contribution in [3.05, 3.63) is 34.3 Å². The fourth-order valence-corrected chi connectivity index (χ4v) is 1.69. The van der Waals surface area contributed by atoms with E-state index in [1.165, 1.54) is 0 Å². The fraction of sp³-hybridized carbons (Fsp3) is 0.500. The van der Waals surface area contributed by atoms with Crippen molar-refractivity contribution in [2.45, 2.75) is 25.9 Å². The maximum Gasteiger partial charge on any atom is 0.251 e. The first-order valence-corrected chi connectivity index (χ1v) is 6.49. The molecule has 0 spiro atoms. The minimum absolute atomic E-state index is 0.177. The Hall–Kier alpha value is -1.10. The number of nitrogens with one attached hydrogen (secondary N) is 1. The van der Waals surface area contributed by atoms with Gasteiger partial charge < -0.3 is 15.2 Å². The van der Waals surface area contributed by atoms with Gasteiger partial charge in [0.05, 0.1) is 5.60 Å². The topological polar surface area (TPSA) is 58.6 Å². The highest BCUT2D eigenvalue weighted by Gasteiger charge is 2.21. The molecule has 0 radical (unpaired) electrons. The molecule has 0 heterocycles. The van der Waals surface area contributed by atoms with Crippen LogP contribution in [0.25, 0.3) is 0 Å². The summed E-state index contributed by atoms with van der Waals surface area (Å²) < 4.78 is 4.91. The summed E-state index contributed by atoms with van der Waals surface area (Å²) in [6, 6.07) is 5.07. The van der Waals surface area contributed by atoms with Crippen LogP contribution in [-0.4, -0.2) is 36.9 Å². The van der Waals surface area contributed by atoms with Crippen LogP contribution < -0.4 is 5.32 Å². The Labute approximate surface area is 118 Å². The summed E-state index contributed by atoms with van der Waals surface area (Å²) in [4.78, 5) is 11.9. The van der Waals surface area contributed by atoms with Gasteiger partial charge in [0.15, 0.2) is 0 Å². The average molecular weight is 286 g/mol. The number of carbonyl (C=O) groups is 1. The van der Waals surface area contributed by atoms with E-state index in [-0.39, 0.29) is 12.5 Å². The lowest BCUT2D eigenvalue weighted by Crippen LogP contribution is -2.41. The highest BCUT2D eigenvalue weighted by atomic mass is 35.5. The molecule has 1 amide bonds. The second-order valence-electron chi connectivity index (χ2n) is 4.89. The standard InChI is InChI=1S/C14H20ClNO3/c1-10-8-11(4-5-12(10)15)13(17)16-9-14(2,18)6-7-19-3/h4-5,8,18H,6-7,9H2,1-3H3,(H,16,17). The number of carbonyl (C=O) groups excluding carboxylic acids is 1. The fourth-order valence-electron chi connectivity index (χ4n) is 1.57. The van der Waals surface area contributed by atoms with Gasteiger partial charge in [-0.3, -0.25) is 4.79 Å². The maximum absolute atomic E-state index is 11.9. The number of halogens is 1. The number of amides is 1. The first-order valence-electron chi connectivity index (χ1n) is 6.11. The van der Waals surface area contributed by atoms with Crippen LogP contribution in [0.15, 0.2) is 18.2 Å². The molecular formula is C14H20ClNO3. The Balaban J connectivity index is 2.57. The molecule has 0 aliphatic carbocycles. The number of hydrogen-bond donors (Lipinski definition) is 2. The van der Waals surface area contributed by atoms with Crippen LogP contribution in [0.5, 0.6) is 0 Å². The van der Waals surface area contributed by atoms with Crippen LogP contribution in [-0.2, 0) is 4.74 Å². The molecule has 1 rings (SSSR count). The Morgan fingerprint density at radius 3 is 2.79 bits per heavy atom. The molecule has 0 aliphatic heterocycles. The summed E-state index contributed by atoms with van der Waals surface area (Å²) >= 11 is 5.91. The third-order valence-electron chi connectivity index (χ3n) is 2.89. The molecule has 1 aromatic rings. The van der Waals surface area contributed by atoms with Crippen LogP contribution in [0.3, 0.4) is 0 Å². The van der Waals surface area contributed by atoms with Gasteiger partial charge in [0.2, 0.25) is 0 Å². The van der Waals surface area contributed by atoms with Gasteiger partial charge in [0.25, 0.3) is 5.91 Å². The third kappa shape index (κ3) is 5.19. The van der Waals surface area contributed by atoms with Gasteiger partial charge in [0.1, 0.15) is 0 Å². The summed E-state index contributed by atoms with van der Waals surface area (Å²) in [6.07, 6.45) is 0.462. The molecule has 106 valence electrons. The second kappa shape index (κ2) is 6.89. The smallest absolute Gasteiger partial charge is 0.251 e. The zero-order chi connectivity index (χ0) is 14.5. The lowest BCUT2D eigenvalue weighted by Gasteiger charge is -2.23. The largest absolute Gasteiger partial charge is 0.388 e. The van der Waals surface area contributed by atoms with Crippen molar-refractivity contribution in [2.24, 2.45) is 0 Å². The van der Waals surface area contributed by atoms with Crippen molar-refractivity contribution in [1.29, 1.82) is 0 Å². The van der Waals surface area contributed by atoms with E-state index in [1.807, 2.05) is 6.92 Å². The number of methoxy groups -OCH3 is 1. The first-order chi connectivity index (χ1) is 8.85. The van der Waals surface area contributed by atoms with Crippen molar-refractivity contribution in [2.75, 3.05) is 20.3 Å². The molecule has 0 bridgehead atoms. The number of benzene rings is 1. The summed E-state index contributed by atoms with van der Waals surface area (Å²) in [6.45, 7) is 4.13. The number of rotatable bonds is 6. The molecule has 1 atom stereocenters. The Kier molecular flexibility index (Phi) is 5.79. The second-order valence-corrected chi connectivity index (χ2v) is 5.29. The predicted octanol–water partition coefficient (Wildman–Crippen LogP) is 2.17. The van der Waals surface area contributed by atoms with E-state index in [0.717, 1.165) is 5.56 Å². The molecule has 0 saturated carbocycles. The maximum atomic E-state index is 11.9. The van der Waals surface area contributed by atoms with Crippen LogP contribution >= 0.6 is 11.6 Å². The van der Waals surface area contributed by atoms with E-state index in [0.29, 0.717) is 23.6 Å². The van der Waals surface area contributed by atoms with Crippen LogP contribution in [0.1, 0.15) is 29.3 Å². The van der Waals surface area contributed by atoms with Gasteiger partial charge >= 0.3 is 0 Å². The van der Waals surface area contributed by atoms with Gasteiger partial charge in [-0.2, -0.15) is 0 Å². The molecule has 4 nitrogen and oxygen atoms in total. The lowest BCUT2D eigenvalue weighted by atomic mass is 10.0. The number of aliphatic hydroxyl groups is 1. The van der Waals surface area contributed by atoms with E-state index < -0.39 is 5.60 Å². The minimum atomic E-state index is -0.979. The third-order valence-corrected chi connectivity index (χ3v) is 3.32. The predicted molar refractivity (Wildman–Crippen MR) is 75.6 cm³/mol. The Morgan fingerprint density at radius 1 is 1.53 bits per heavy atom. The van der Waals surface area contributed by atoms with E-state index in [1.54, 1.807) is 32.2 Å². The van der Waals surface area contributed by atoms with E-state index >= 15 is 0 Å².